The molecule has 2 heterocycles. The number of carbonyl (C=O) groups is 2. The van der Waals surface area contributed by atoms with Gasteiger partial charge in [-0.2, -0.15) is 0 Å². The highest BCUT2D eigenvalue weighted by Crippen LogP contribution is 2.31. The molecule has 2 aliphatic rings. The molecule has 0 unspecified atom stereocenters. The lowest BCUT2D eigenvalue weighted by Gasteiger charge is -2.44. The fraction of sp³-hybridized carbons (Fsp3) is 0.556. The highest BCUT2D eigenvalue weighted by molar-refractivity contribution is 6.42. The number of imide groups is 1. The molecule has 0 aromatic heterocycles. The second-order valence-electron chi connectivity index (χ2n) is 6.68. The zero-order valence-corrected chi connectivity index (χ0v) is 15.5. The van der Waals surface area contributed by atoms with Gasteiger partial charge in [-0.1, -0.05) is 29.6 Å². The van der Waals surface area contributed by atoms with E-state index in [1.807, 2.05) is 0 Å². The van der Waals surface area contributed by atoms with Crippen molar-refractivity contribution in [3.05, 3.63) is 33.8 Å². The van der Waals surface area contributed by atoms with E-state index in [2.05, 4.69) is 10.2 Å². The number of carbonyl (C=O) groups excluding carboxylic acids is 2. The Kier molecular flexibility index (Phi) is 6.20. The van der Waals surface area contributed by atoms with Gasteiger partial charge < -0.3 is 4.74 Å². The van der Waals surface area contributed by atoms with Crippen molar-refractivity contribution in [2.75, 3.05) is 19.7 Å². The lowest BCUT2D eigenvalue weighted by Crippen LogP contribution is -2.49. The molecule has 1 aromatic rings. The van der Waals surface area contributed by atoms with Crippen LogP contribution in [0.5, 0.6) is 0 Å². The monoisotopic (exact) mass is 384 g/mol. The second-order valence-corrected chi connectivity index (χ2v) is 7.50. The number of hydrogen-bond donors (Lipinski definition) is 1. The molecule has 2 saturated heterocycles. The summed E-state index contributed by atoms with van der Waals surface area (Å²) in [4.78, 5) is 26.5. The van der Waals surface area contributed by atoms with E-state index in [0.29, 0.717) is 23.6 Å². The summed E-state index contributed by atoms with van der Waals surface area (Å²) in [5.74, 6) is -0.202. The first-order chi connectivity index (χ1) is 12.0. The van der Waals surface area contributed by atoms with Gasteiger partial charge in [-0.25, -0.2) is 4.79 Å². The van der Waals surface area contributed by atoms with Crippen molar-refractivity contribution in [1.82, 2.24) is 10.2 Å². The fourth-order valence-electron chi connectivity index (χ4n) is 3.79. The van der Waals surface area contributed by atoms with Crippen LogP contribution in [0.1, 0.15) is 42.5 Å². The number of ether oxygens (including phenoxy) is 1. The molecule has 5 nitrogen and oxygen atoms in total. The smallest absolute Gasteiger partial charge is 0.414 e. The first-order valence-electron chi connectivity index (χ1n) is 8.72. The number of halogens is 2. The van der Waals surface area contributed by atoms with Crippen molar-refractivity contribution < 1.29 is 14.3 Å². The van der Waals surface area contributed by atoms with Crippen molar-refractivity contribution in [1.29, 1.82) is 0 Å². The van der Waals surface area contributed by atoms with Crippen LogP contribution in [0.3, 0.4) is 0 Å². The van der Waals surface area contributed by atoms with Crippen LogP contribution in [0.25, 0.3) is 0 Å². The first kappa shape index (κ1) is 18.5. The molecule has 25 heavy (non-hydrogen) atoms. The van der Waals surface area contributed by atoms with Gasteiger partial charge in [0.05, 0.1) is 16.7 Å². The van der Waals surface area contributed by atoms with Crippen molar-refractivity contribution in [3.8, 4) is 0 Å². The molecule has 0 saturated carbocycles. The topological polar surface area (TPSA) is 58.6 Å². The molecule has 0 spiro atoms. The Balaban J connectivity index is 1.50. The second kappa shape index (κ2) is 8.39. The van der Waals surface area contributed by atoms with Gasteiger partial charge in [-0.3, -0.25) is 15.0 Å². The van der Waals surface area contributed by atoms with E-state index in [9.17, 15) is 9.59 Å². The number of alkyl carbamates (subject to hydrolysis) is 1. The first-order valence-corrected chi connectivity index (χ1v) is 9.47. The van der Waals surface area contributed by atoms with E-state index in [1.165, 1.54) is 31.0 Å². The van der Waals surface area contributed by atoms with Gasteiger partial charge in [0.25, 0.3) is 5.91 Å². The number of piperidine rings is 2. The van der Waals surface area contributed by atoms with E-state index in [4.69, 9.17) is 27.9 Å². The van der Waals surface area contributed by atoms with Gasteiger partial charge in [0.1, 0.15) is 0 Å². The predicted molar refractivity (Wildman–Crippen MR) is 97.2 cm³/mol. The minimum Gasteiger partial charge on any atom is -0.449 e. The normalized spacial score (nSPS) is 23.6. The molecule has 2 atom stereocenters. The van der Waals surface area contributed by atoms with Crippen LogP contribution in [0.15, 0.2) is 18.2 Å². The number of fused-ring (bicyclic) bond motifs is 1. The van der Waals surface area contributed by atoms with Gasteiger partial charge in [0.2, 0.25) is 0 Å². The van der Waals surface area contributed by atoms with Crippen LogP contribution in [-0.2, 0) is 4.74 Å². The summed E-state index contributed by atoms with van der Waals surface area (Å²) >= 11 is 11.7. The van der Waals surface area contributed by atoms with Crippen LogP contribution in [-0.4, -0.2) is 42.6 Å². The minimum absolute atomic E-state index is 0.266. The zero-order chi connectivity index (χ0) is 17.8. The summed E-state index contributed by atoms with van der Waals surface area (Å²) in [5.41, 5.74) is 0.266. The SMILES string of the molecule is O=C(NC(=O)c1ccc(Cl)c(Cl)c1)OC[C@@H]1CCCN2CCCC[C@H]12. The van der Waals surface area contributed by atoms with Crippen LogP contribution in [0.4, 0.5) is 4.79 Å². The highest BCUT2D eigenvalue weighted by Gasteiger charge is 2.33. The Bertz CT molecular complexity index is 651. The standard InChI is InChI=1S/C18H22Cl2N2O3/c19-14-7-6-12(10-15(14)20)17(23)21-18(24)25-11-13-4-3-9-22-8-2-1-5-16(13)22/h6-7,10,13,16H,1-5,8-9,11H2,(H,21,23,24)/t13-,16+/m0/s1. The van der Waals surface area contributed by atoms with Gasteiger partial charge in [0.15, 0.2) is 0 Å². The molecule has 7 heteroatoms. The molecular weight excluding hydrogens is 363 g/mol. The lowest BCUT2D eigenvalue weighted by atomic mass is 9.84. The van der Waals surface area contributed by atoms with Crippen molar-refractivity contribution in [2.45, 2.75) is 38.1 Å². The molecule has 2 amide bonds. The Labute approximate surface area is 157 Å². The van der Waals surface area contributed by atoms with E-state index >= 15 is 0 Å². The number of amides is 2. The van der Waals surface area contributed by atoms with Crippen molar-refractivity contribution in [3.63, 3.8) is 0 Å². The highest BCUT2D eigenvalue weighted by atomic mass is 35.5. The van der Waals surface area contributed by atoms with E-state index in [-0.39, 0.29) is 10.6 Å². The van der Waals surface area contributed by atoms with Gasteiger partial charge in [-0.15, -0.1) is 0 Å². The lowest BCUT2D eigenvalue weighted by molar-refractivity contribution is 0.0235. The number of hydrogen-bond acceptors (Lipinski definition) is 4. The van der Waals surface area contributed by atoms with Crippen LogP contribution in [0.2, 0.25) is 10.0 Å². The number of nitrogens with zero attached hydrogens (tertiary/aromatic N) is 1. The number of nitrogens with one attached hydrogen (secondary N) is 1. The van der Waals surface area contributed by atoms with Crippen molar-refractivity contribution >= 4 is 35.2 Å². The van der Waals surface area contributed by atoms with Gasteiger partial charge >= 0.3 is 6.09 Å². The molecule has 0 radical (unpaired) electrons. The Morgan fingerprint density at radius 2 is 1.92 bits per heavy atom. The van der Waals surface area contributed by atoms with Crippen LogP contribution in [0, 0.1) is 5.92 Å². The van der Waals surface area contributed by atoms with Gasteiger partial charge in [0, 0.05) is 17.5 Å². The molecule has 136 valence electrons. The third kappa shape index (κ3) is 4.66. The Morgan fingerprint density at radius 1 is 1.12 bits per heavy atom. The molecule has 2 fully saturated rings. The maximum atomic E-state index is 12.1. The third-order valence-electron chi connectivity index (χ3n) is 5.05. The summed E-state index contributed by atoms with van der Waals surface area (Å²) < 4.78 is 5.32. The van der Waals surface area contributed by atoms with Crippen molar-refractivity contribution in [2.24, 2.45) is 5.92 Å². The van der Waals surface area contributed by atoms with E-state index in [1.54, 1.807) is 0 Å². The predicted octanol–water partition coefficient (Wildman–Crippen LogP) is 4.12. The molecule has 0 aliphatic carbocycles. The molecule has 1 N–H and O–H groups in total. The molecular formula is C18H22Cl2N2O3. The zero-order valence-electron chi connectivity index (χ0n) is 14.0. The number of rotatable bonds is 3. The summed E-state index contributed by atoms with van der Waals surface area (Å²) in [5, 5.41) is 2.86. The summed E-state index contributed by atoms with van der Waals surface area (Å²) in [6, 6.07) is 4.95. The summed E-state index contributed by atoms with van der Waals surface area (Å²) in [6.45, 7) is 2.63. The number of benzene rings is 1. The minimum atomic E-state index is -0.719. The molecule has 3 rings (SSSR count). The third-order valence-corrected chi connectivity index (χ3v) is 5.79. The van der Waals surface area contributed by atoms with E-state index < -0.39 is 12.0 Å². The average Bonchev–Trinajstić information content (AvgIpc) is 2.62. The van der Waals surface area contributed by atoms with Gasteiger partial charge in [-0.05, 0) is 57.0 Å². The molecule has 0 bridgehead atoms. The quantitative estimate of drug-likeness (QED) is 0.850. The molecule has 1 aromatic carbocycles. The van der Waals surface area contributed by atoms with E-state index in [0.717, 1.165) is 32.4 Å². The molecule has 2 aliphatic heterocycles. The van der Waals surface area contributed by atoms with Crippen LogP contribution < -0.4 is 5.32 Å². The van der Waals surface area contributed by atoms with Crippen LogP contribution >= 0.6 is 23.2 Å². The maximum absolute atomic E-state index is 12.1. The Hall–Kier alpha value is -1.30. The largest absolute Gasteiger partial charge is 0.449 e. The maximum Gasteiger partial charge on any atom is 0.414 e. The summed E-state index contributed by atoms with van der Waals surface area (Å²) in [7, 11) is 0. The Morgan fingerprint density at radius 3 is 2.72 bits per heavy atom. The average molecular weight is 385 g/mol. The fourth-order valence-corrected chi connectivity index (χ4v) is 4.09. The summed E-state index contributed by atoms with van der Waals surface area (Å²) in [6.07, 6.45) is 5.13.